The molecule has 1 amide bonds. The van der Waals surface area contributed by atoms with Crippen LogP contribution in [0.1, 0.15) is 33.1 Å². The van der Waals surface area contributed by atoms with Gasteiger partial charge < -0.3 is 24.8 Å². The van der Waals surface area contributed by atoms with E-state index in [-0.39, 0.29) is 30.0 Å². The van der Waals surface area contributed by atoms with Crippen molar-refractivity contribution in [1.82, 2.24) is 10.2 Å². The van der Waals surface area contributed by atoms with Gasteiger partial charge in [0.25, 0.3) is 0 Å². The molecule has 2 N–H and O–H groups in total. The average Bonchev–Trinajstić information content (AvgIpc) is 3.19. The topological polar surface area (TPSA) is 71.0 Å². The molecule has 2 fully saturated rings. The largest absolute Gasteiger partial charge is 0.389 e. The van der Waals surface area contributed by atoms with Gasteiger partial charge in [0.15, 0.2) is 0 Å². The van der Waals surface area contributed by atoms with Crippen LogP contribution in [0.2, 0.25) is 0 Å². The first kappa shape index (κ1) is 18.6. The monoisotopic (exact) mass is 328 g/mol. The number of nitrogens with zero attached hydrogens (tertiary/aromatic N) is 1. The summed E-state index contributed by atoms with van der Waals surface area (Å²) in [5.41, 5.74) is 0.242. The van der Waals surface area contributed by atoms with E-state index in [1.807, 2.05) is 13.8 Å². The Morgan fingerprint density at radius 2 is 2.04 bits per heavy atom. The quantitative estimate of drug-likeness (QED) is 0.608. The van der Waals surface area contributed by atoms with Gasteiger partial charge in [-0.15, -0.1) is 0 Å². The molecule has 2 rings (SSSR count). The lowest BCUT2D eigenvalue weighted by atomic mass is 9.91. The van der Waals surface area contributed by atoms with Gasteiger partial charge in [-0.2, -0.15) is 0 Å². The minimum absolute atomic E-state index is 0.155. The van der Waals surface area contributed by atoms with E-state index in [9.17, 15) is 9.90 Å². The van der Waals surface area contributed by atoms with Crippen LogP contribution in [0, 0.1) is 11.3 Å². The molecule has 2 unspecified atom stereocenters. The predicted molar refractivity (Wildman–Crippen MR) is 88.2 cm³/mol. The van der Waals surface area contributed by atoms with Gasteiger partial charge in [-0.05, 0) is 51.6 Å². The van der Waals surface area contributed by atoms with Crippen LogP contribution in [-0.4, -0.2) is 74.6 Å². The Bertz CT molecular complexity index is 383. The number of hydrogen-bond acceptors (Lipinski definition) is 5. The van der Waals surface area contributed by atoms with Gasteiger partial charge >= 0.3 is 0 Å². The van der Waals surface area contributed by atoms with E-state index in [1.165, 1.54) is 0 Å². The van der Waals surface area contributed by atoms with Crippen molar-refractivity contribution in [3.63, 3.8) is 0 Å². The molecule has 2 aliphatic rings. The molecule has 1 spiro atoms. The molecule has 0 bridgehead atoms. The SMILES string of the molecule is CC(C)OCCOCC(O)CN(C)C(=O)C1CC12CCNCC2. The standard InChI is InChI=1S/C17H32N2O4/c1-13(2)23-9-8-22-12-14(20)11-19(3)16(21)15-10-17(15)4-6-18-7-5-17/h13-15,18,20H,4-12H2,1-3H3. The van der Waals surface area contributed by atoms with E-state index in [0.717, 1.165) is 32.4 Å². The zero-order chi connectivity index (χ0) is 16.9. The molecule has 1 saturated heterocycles. The predicted octanol–water partition coefficient (Wildman–Crippen LogP) is 0.637. The third-order valence-corrected chi connectivity index (χ3v) is 4.94. The highest BCUT2D eigenvalue weighted by molar-refractivity contribution is 5.82. The zero-order valence-corrected chi connectivity index (χ0v) is 14.7. The van der Waals surface area contributed by atoms with Gasteiger partial charge in [0.1, 0.15) is 0 Å². The highest BCUT2D eigenvalue weighted by Gasteiger charge is 2.58. The lowest BCUT2D eigenvalue weighted by molar-refractivity contribution is -0.134. The molecule has 1 heterocycles. The number of nitrogens with one attached hydrogen (secondary N) is 1. The Morgan fingerprint density at radius 1 is 1.35 bits per heavy atom. The summed E-state index contributed by atoms with van der Waals surface area (Å²) in [6.07, 6.45) is 2.74. The summed E-state index contributed by atoms with van der Waals surface area (Å²) in [4.78, 5) is 14.2. The maximum absolute atomic E-state index is 12.5. The summed E-state index contributed by atoms with van der Waals surface area (Å²) in [6.45, 7) is 7.53. The van der Waals surface area contributed by atoms with Gasteiger partial charge in [-0.25, -0.2) is 0 Å². The van der Waals surface area contributed by atoms with Crippen LogP contribution >= 0.6 is 0 Å². The molecular weight excluding hydrogens is 296 g/mol. The van der Waals surface area contributed by atoms with Crippen molar-refractivity contribution in [2.24, 2.45) is 11.3 Å². The zero-order valence-electron chi connectivity index (χ0n) is 14.7. The van der Waals surface area contributed by atoms with Gasteiger partial charge in [0, 0.05) is 19.5 Å². The lowest BCUT2D eigenvalue weighted by Gasteiger charge is -2.26. The molecule has 0 aromatic carbocycles. The Kier molecular flexibility index (Phi) is 6.83. The maximum Gasteiger partial charge on any atom is 0.226 e. The van der Waals surface area contributed by atoms with Crippen molar-refractivity contribution in [3.05, 3.63) is 0 Å². The minimum atomic E-state index is -0.647. The number of rotatable bonds is 9. The third kappa shape index (κ3) is 5.41. The minimum Gasteiger partial charge on any atom is -0.389 e. The molecule has 1 aliphatic heterocycles. The van der Waals surface area contributed by atoms with Crippen molar-refractivity contribution >= 4 is 5.91 Å². The van der Waals surface area contributed by atoms with Crippen molar-refractivity contribution in [3.8, 4) is 0 Å². The number of hydrogen-bond donors (Lipinski definition) is 2. The number of aliphatic hydroxyl groups excluding tert-OH is 1. The highest BCUT2D eigenvalue weighted by atomic mass is 16.5. The number of piperidine rings is 1. The third-order valence-electron chi connectivity index (χ3n) is 4.94. The first-order valence-electron chi connectivity index (χ1n) is 8.78. The van der Waals surface area contributed by atoms with E-state index in [2.05, 4.69) is 5.32 Å². The van der Waals surface area contributed by atoms with E-state index in [0.29, 0.717) is 19.8 Å². The molecule has 23 heavy (non-hydrogen) atoms. The van der Waals surface area contributed by atoms with E-state index < -0.39 is 6.10 Å². The maximum atomic E-state index is 12.5. The van der Waals surface area contributed by atoms with E-state index in [1.54, 1.807) is 11.9 Å². The van der Waals surface area contributed by atoms with E-state index in [4.69, 9.17) is 9.47 Å². The highest BCUT2D eigenvalue weighted by Crippen LogP contribution is 2.59. The number of amides is 1. The van der Waals surface area contributed by atoms with Crippen LogP contribution in [0.4, 0.5) is 0 Å². The normalized spacial score (nSPS) is 24.0. The second-order valence-corrected chi connectivity index (χ2v) is 7.24. The summed E-state index contributed by atoms with van der Waals surface area (Å²) in [6, 6.07) is 0. The summed E-state index contributed by atoms with van der Waals surface area (Å²) in [5.74, 6) is 0.330. The molecule has 6 heteroatoms. The van der Waals surface area contributed by atoms with Crippen LogP contribution in [-0.2, 0) is 14.3 Å². The molecule has 1 aliphatic carbocycles. The van der Waals surface area contributed by atoms with Crippen molar-refractivity contribution in [2.75, 3.05) is 46.5 Å². The van der Waals surface area contributed by atoms with Crippen LogP contribution in [0.3, 0.4) is 0 Å². The first-order chi connectivity index (χ1) is 10.9. The number of carbonyl (C=O) groups is 1. The number of likely N-dealkylation sites (N-methyl/N-ethyl adjacent to an activating group) is 1. The summed E-state index contributed by atoms with van der Waals surface area (Å²) >= 11 is 0. The van der Waals surface area contributed by atoms with Crippen LogP contribution in [0.5, 0.6) is 0 Å². The summed E-state index contributed by atoms with van der Waals surface area (Å²) < 4.78 is 10.8. The molecular formula is C17H32N2O4. The fourth-order valence-electron chi connectivity index (χ4n) is 3.46. The van der Waals surface area contributed by atoms with E-state index >= 15 is 0 Å². The van der Waals surface area contributed by atoms with Gasteiger partial charge in [0.05, 0.1) is 32.0 Å². The van der Waals surface area contributed by atoms with Crippen LogP contribution < -0.4 is 5.32 Å². The Labute approximate surface area is 139 Å². The molecule has 0 aromatic rings. The smallest absolute Gasteiger partial charge is 0.226 e. The van der Waals surface area contributed by atoms with Gasteiger partial charge in [0.2, 0.25) is 5.91 Å². The fraction of sp³-hybridized carbons (Fsp3) is 0.941. The summed E-state index contributed by atoms with van der Waals surface area (Å²) in [5, 5.41) is 13.4. The Morgan fingerprint density at radius 3 is 2.70 bits per heavy atom. The molecule has 2 atom stereocenters. The lowest BCUT2D eigenvalue weighted by Crippen LogP contribution is -2.39. The molecule has 0 radical (unpaired) electrons. The second-order valence-electron chi connectivity index (χ2n) is 7.24. The fourth-order valence-corrected chi connectivity index (χ4v) is 3.46. The average molecular weight is 328 g/mol. The number of ether oxygens (including phenoxy) is 2. The second kappa shape index (κ2) is 8.42. The van der Waals surface area contributed by atoms with Crippen LogP contribution in [0.25, 0.3) is 0 Å². The molecule has 0 aromatic heterocycles. The molecule has 6 nitrogen and oxygen atoms in total. The van der Waals surface area contributed by atoms with Gasteiger partial charge in [-0.1, -0.05) is 0 Å². The molecule has 1 saturated carbocycles. The van der Waals surface area contributed by atoms with Crippen LogP contribution in [0.15, 0.2) is 0 Å². The van der Waals surface area contributed by atoms with Crippen molar-refractivity contribution in [2.45, 2.75) is 45.3 Å². The first-order valence-corrected chi connectivity index (χ1v) is 8.78. The number of aliphatic hydroxyl groups is 1. The van der Waals surface area contributed by atoms with Crippen molar-refractivity contribution in [1.29, 1.82) is 0 Å². The molecule has 134 valence electrons. The van der Waals surface area contributed by atoms with Crippen molar-refractivity contribution < 1.29 is 19.4 Å². The Balaban J connectivity index is 1.62. The number of carbonyl (C=O) groups excluding carboxylic acids is 1. The Hall–Kier alpha value is -0.690. The van der Waals surface area contributed by atoms with Gasteiger partial charge in [-0.3, -0.25) is 4.79 Å². The summed E-state index contributed by atoms with van der Waals surface area (Å²) in [7, 11) is 1.78.